The molecule has 1 aromatic rings. The van der Waals surface area contributed by atoms with Crippen LogP contribution in [0.3, 0.4) is 0 Å². The second kappa shape index (κ2) is 13.7. The van der Waals surface area contributed by atoms with Crippen molar-refractivity contribution < 1.29 is 28.5 Å². The lowest BCUT2D eigenvalue weighted by Gasteiger charge is -2.43. The Kier molecular flexibility index (Phi) is 10.9. The minimum absolute atomic E-state index is 0.0584. The number of carbonyl (C=O) groups is 1. The first-order valence-corrected chi connectivity index (χ1v) is 13.4. The Bertz CT molecular complexity index is 839. The molecule has 1 aliphatic carbocycles. The Morgan fingerprint density at radius 2 is 1.97 bits per heavy atom. The van der Waals surface area contributed by atoms with Gasteiger partial charge in [-0.1, -0.05) is 25.0 Å². The maximum absolute atomic E-state index is 14.9. The Morgan fingerprint density at radius 1 is 1.22 bits per heavy atom. The average molecular weight is 512 g/mol. The molecule has 1 aliphatic heterocycles. The first-order valence-electron chi connectivity index (χ1n) is 13.4. The lowest BCUT2D eigenvalue weighted by atomic mass is 9.74. The molecule has 0 aromatic heterocycles. The number of unbranched alkanes of at least 4 members (excludes halogenated alkanes) is 1. The monoisotopic (exact) mass is 511 g/mol. The Balaban J connectivity index is 1.75. The number of urea groups is 1. The van der Waals surface area contributed by atoms with Crippen molar-refractivity contribution in [1.82, 2.24) is 15.5 Å². The molecule has 36 heavy (non-hydrogen) atoms. The standard InChI is InChI=1S/C27H43F2N3O4/c1-30-17-23(25(33)19-9-3-4-10-19)31-26(34)32-15-8-11-20(18-32)27(35,14-5-6-16-36-2)21-12-7-13-22(28)24(21)29/h7,12-13,19-20,23,25,30,33,35H,3-6,8-11,14-18H2,1-2H3,(H,31,34)/t20-,23-,25-,27+/m1/s1. The van der Waals surface area contributed by atoms with Gasteiger partial charge < -0.3 is 30.5 Å². The summed E-state index contributed by atoms with van der Waals surface area (Å²) < 4.78 is 34.1. The van der Waals surface area contributed by atoms with Gasteiger partial charge >= 0.3 is 6.03 Å². The highest BCUT2D eigenvalue weighted by molar-refractivity contribution is 5.74. The van der Waals surface area contributed by atoms with Crippen molar-refractivity contribution in [3.63, 3.8) is 0 Å². The molecule has 4 N–H and O–H groups in total. The summed E-state index contributed by atoms with van der Waals surface area (Å²) in [5.41, 5.74) is -1.68. The number of nitrogens with zero attached hydrogens (tertiary/aromatic N) is 1. The maximum atomic E-state index is 14.9. The van der Waals surface area contributed by atoms with Gasteiger partial charge in [-0.3, -0.25) is 0 Å². The Morgan fingerprint density at radius 3 is 2.67 bits per heavy atom. The summed E-state index contributed by atoms with van der Waals surface area (Å²) in [6.45, 7) is 1.67. The molecular formula is C27H43F2N3O4. The minimum Gasteiger partial charge on any atom is -0.391 e. The van der Waals surface area contributed by atoms with Crippen molar-refractivity contribution in [1.29, 1.82) is 0 Å². The van der Waals surface area contributed by atoms with Gasteiger partial charge in [-0.2, -0.15) is 0 Å². The zero-order valence-corrected chi connectivity index (χ0v) is 21.6. The van der Waals surface area contributed by atoms with Gasteiger partial charge in [0.15, 0.2) is 11.6 Å². The van der Waals surface area contributed by atoms with E-state index in [-0.39, 0.29) is 30.5 Å². The van der Waals surface area contributed by atoms with Gasteiger partial charge in [0.25, 0.3) is 0 Å². The summed E-state index contributed by atoms with van der Waals surface area (Å²) in [4.78, 5) is 14.9. The molecule has 1 saturated heterocycles. The van der Waals surface area contributed by atoms with E-state index in [1.807, 2.05) is 0 Å². The van der Waals surface area contributed by atoms with Crippen molar-refractivity contribution in [3.8, 4) is 0 Å². The van der Waals surface area contributed by atoms with Crippen molar-refractivity contribution in [3.05, 3.63) is 35.4 Å². The molecule has 204 valence electrons. The zero-order valence-electron chi connectivity index (χ0n) is 21.6. The van der Waals surface area contributed by atoms with Gasteiger partial charge in [0.05, 0.1) is 17.7 Å². The topological polar surface area (TPSA) is 94.1 Å². The highest BCUT2D eigenvalue weighted by Gasteiger charge is 2.43. The number of benzene rings is 1. The Labute approximate surface area is 213 Å². The lowest BCUT2D eigenvalue weighted by Crippen LogP contribution is -2.57. The molecule has 0 unspecified atom stereocenters. The number of likely N-dealkylation sites (N-methyl/N-ethyl adjacent to an activating group) is 1. The number of rotatable bonds is 12. The van der Waals surface area contributed by atoms with E-state index < -0.39 is 35.3 Å². The number of methoxy groups -OCH3 is 1. The molecule has 0 radical (unpaired) electrons. The molecule has 0 bridgehead atoms. The number of carbonyl (C=O) groups excluding carboxylic acids is 1. The van der Waals surface area contributed by atoms with E-state index in [0.717, 1.165) is 31.7 Å². The normalized spacial score (nSPS) is 22.3. The van der Waals surface area contributed by atoms with Gasteiger partial charge in [0.1, 0.15) is 0 Å². The summed E-state index contributed by atoms with van der Waals surface area (Å²) in [5, 5.41) is 28.8. The molecule has 2 aliphatic rings. The van der Waals surface area contributed by atoms with Crippen LogP contribution in [0.5, 0.6) is 0 Å². The maximum Gasteiger partial charge on any atom is 0.317 e. The Hall–Kier alpha value is -1.81. The van der Waals surface area contributed by atoms with E-state index in [1.54, 1.807) is 19.1 Å². The number of nitrogens with one attached hydrogen (secondary N) is 2. The highest BCUT2D eigenvalue weighted by atomic mass is 19.2. The van der Waals surface area contributed by atoms with E-state index in [1.165, 1.54) is 12.1 Å². The second-order valence-electron chi connectivity index (χ2n) is 10.4. The van der Waals surface area contributed by atoms with Gasteiger partial charge in [-0.15, -0.1) is 0 Å². The molecule has 7 nitrogen and oxygen atoms in total. The third kappa shape index (κ3) is 6.94. The largest absolute Gasteiger partial charge is 0.391 e. The van der Waals surface area contributed by atoms with Crippen LogP contribution in [-0.2, 0) is 10.3 Å². The summed E-state index contributed by atoms with van der Waals surface area (Å²) in [5.74, 6) is -2.32. The van der Waals surface area contributed by atoms with Gasteiger partial charge in [0.2, 0.25) is 0 Å². The zero-order chi connectivity index (χ0) is 26.1. The molecule has 9 heteroatoms. The fourth-order valence-corrected chi connectivity index (χ4v) is 5.94. The number of piperidine rings is 1. The van der Waals surface area contributed by atoms with E-state index in [2.05, 4.69) is 10.6 Å². The number of aliphatic hydroxyl groups excluding tert-OH is 1. The van der Waals surface area contributed by atoms with Crippen LogP contribution < -0.4 is 10.6 Å². The van der Waals surface area contributed by atoms with Crippen LogP contribution >= 0.6 is 0 Å². The predicted octanol–water partition coefficient (Wildman–Crippen LogP) is 3.53. The van der Waals surface area contributed by atoms with Crippen LogP contribution in [0.2, 0.25) is 0 Å². The predicted molar refractivity (Wildman–Crippen MR) is 134 cm³/mol. The number of amides is 2. The van der Waals surface area contributed by atoms with E-state index in [4.69, 9.17) is 4.74 Å². The molecule has 0 spiro atoms. The quantitative estimate of drug-likeness (QED) is 0.322. The van der Waals surface area contributed by atoms with E-state index >= 15 is 0 Å². The van der Waals surface area contributed by atoms with Crippen LogP contribution in [0.4, 0.5) is 13.6 Å². The number of halogens is 2. The molecule has 4 atom stereocenters. The van der Waals surface area contributed by atoms with Crippen molar-refractivity contribution in [2.75, 3.05) is 40.4 Å². The first-order chi connectivity index (χ1) is 17.3. The molecule has 1 heterocycles. The summed E-state index contributed by atoms with van der Waals surface area (Å²) in [6, 6.07) is 3.16. The van der Waals surface area contributed by atoms with Crippen LogP contribution in [0, 0.1) is 23.5 Å². The molecular weight excluding hydrogens is 468 g/mol. The SMILES string of the molecule is CNC[C@@H](NC(=O)N1CCC[C@@H]([C@@](O)(CCCCOC)c2cccc(F)c2F)C1)[C@H](O)C1CCCC1. The average Bonchev–Trinajstić information content (AvgIpc) is 3.42. The molecule has 1 aromatic carbocycles. The highest BCUT2D eigenvalue weighted by Crippen LogP contribution is 2.41. The number of ether oxygens (including phenoxy) is 1. The van der Waals surface area contributed by atoms with Gasteiger partial charge in [0, 0.05) is 44.8 Å². The first kappa shape index (κ1) is 28.8. The number of likely N-dealkylation sites (tertiary alicyclic amines) is 1. The van der Waals surface area contributed by atoms with Crippen molar-refractivity contribution in [2.24, 2.45) is 11.8 Å². The number of hydrogen-bond donors (Lipinski definition) is 4. The van der Waals surface area contributed by atoms with Crippen molar-refractivity contribution in [2.45, 2.75) is 75.5 Å². The lowest BCUT2D eigenvalue weighted by molar-refractivity contribution is -0.0594. The van der Waals surface area contributed by atoms with Gasteiger partial charge in [-0.25, -0.2) is 13.6 Å². The van der Waals surface area contributed by atoms with Crippen LogP contribution in [0.1, 0.15) is 63.4 Å². The second-order valence-corrected chi connectivity index (χ2v) is 10.4. The van der Waals surface area contributed by atoms with Crippen LogP contribution in [-0.4, -0.2) is 73.7 Å². The van der Waals surface area contributed by atoms with E-state index in [0.29, 0.717) is 45.4 Å². The van der Waals surface area contributed by atoms with Gasteiger partial charge in [-0.05, 0) is 64.0 Å². The molecule has 2 amide bonds. The molecule has 1 saturated carbocycles. The summed E-state index contributed by atoms with van der Waals surface area (Å²) in [7, 11) is 3.38. The minimum atomic E-state index is -1.62. The van der Waals surface area contributed by atoms with Crippen molar-refractivity contribution >= 4 is 6.03 Å². The third-order valence-corrected chi connectivity index (χ3v) is 7.99. The fourth-order valence-electron chi connectivity index (χ4n) is 5.94. The fraction of sp³-hybridized carbons (Fsp3) is 0.741. The molecule has 2 fully saturated rings. The summed E-state index contributed by atoms with van der Waals surface area (Å²) in [6.07, 6.45) is 6.17. The number of hydrogen-bond acceptors (Lipinski definition) is 5. The molecule has 3 rings (SSSR count). The summed E-state index contributed by atoms with van der Waals surface area (Å²) >= 11 is 0. The smallest absolute Gasteiger partial charge is 0.317 e. The van der Waals surface area contributed by atoms with Crippen LogP contribution in [0.15, 0.2) is 18.2 Å². The van der Waals surface area contributed by atoms with E-state index in [9.17, 15) is 23.8 Å². The number of aliphatic hydroxyl groups is 2. The van der Waals surface area contributed by atoms with Crippen LogP contribution in [0.25, 0.3) is 0 Å². The third-order valence-electron chi connectivity index (χ3n) is 7.99.